The van der Waals surface area contributed by atoms with E-state index in [0.29, 0.717) is 37.1 Å². The zero-order valence-electron chi connectivity index (χ0n) is 22.6. The van der Waals surface area contributed by atoms with Gasteiger partial charge >= 0.3 is 0 Å². The van der Waals surface area contributed by atoms with Gasteiger partial charge in [-0.3, -0.25) is 9.59 Å². The van der Waals surface area contributed by atoms with Crippen LogP contribution < -0.4 is 16.8 Å². The van der Waals surface area contributed by atoms with Gasteiger partial charge in [0.05, 0.1) is 0 Å². The van der Waals surface area contributed by atoms with E-state index in [0.717, 1.165) is 53.6 Å². The van der Waals surface area contributed by atoms with Gasteiger partial charge in [0.2, 0.25) is 5.91 Å². The zero-order valence-corrected chi connectivity index (χ0v) is 22.6. The number of amidine groups is 1. The fourth-order valence-electron chi connectivity index (χ4n) is 5.58. The molecule has 5 N–H and O–H groups in total. The summed E-state index contributed by atoms with van der Waals surface area (Å²) >= 11 is 0. The van der Waals surface area contributed by atoms with Gasteiger partial charge in [0, 0.05) is 40.8 Å². The van der Waals surface area contributed by atoms with E-state index in [1.54, 1.807) is 0 Å². The number of nitrogens with zero attached hydrogens (tertiary/aromatic N) is 3. The normalized spacial score (nSPS) is 19.2. The Morgan fingerprint density at radius 1 is 0.900 bits per heavy atom. The summed E-state index contributed by atoms with van der Waals surface area (Å²) in [7, 11) is 0. The van der Waals surface area contributed by atoms with E-state index >= 15 is 0 Å². The number of amides is 1. The van der Waals surface area contributed by atoms with Gasteiger partial charge in [-0.05, 0) is 86.0 Å². The molecule has 3 aromatic carbocycles. The summed E-state index contributed by atoms with van der Waals surface area (Å²) in [4.78, 5) is 31.1. The third-order valence-electron chi connectivity index (χ3n) is 8.02. The number of aliphatic imine (C=N–C) groups is 1. The quantitative estimate of drug-likeness (QED) is 0.289. The van der Waals surface area contributed by atoms with Crippen molar-refractivity contribution in [2.75, 3.05) is 24.3 Å². The summed E-state index contributed by atoms with van der Waals surface area (Å²) in [6.45, 7) is 1.02. The van der Waals surface area contributed by atoms with Crippen molar-refractivity contribution in [1.29, 1.82) is 0 Å². The largest absolute Gasteiger partial charge is 0.398 e. The molecular formula is C32H36N6O2. The third-order valence-corrected chi connectivity index (χ3v) is 8.02. The maximum absolute atomic E-state index is 13.6. The molecule has 0 saturated heterocycles. The minimum atomic E-state index is -0.486. The van der Waals surface area contributed by atoms with Crippen molar-refractivity contribution in [2.24, 2.45) is 38.7 Å². The van der Waals surface area contributed by atoms with Crippen LogP contribution in [0.3, 0.4) is 0 Å². The van der Waals surface area contributed by atoms with Crippen molar-refractivity contribution in [3.8, 4) is 11.1 Å². The molecule has 0 unspecified atom stereocenters. The summed E-state index contributed by atoms with van der Waals surface area (Å²) in [6.07, 6.45) is 4.34. The number of carbonyl (C=O) groups excluding carboxylic acids is 2. The molecule has 8 nitrogen and oxygen atoms in total. The van der Waals surface area contributed by atoms with Crippen molar-refractivity contribution in [1.82, 2.24) is 0 Å². The molecule has 0 spiro atoms. The first kappa shape index (κ1) is 27.4. The SMILES string of the molecule is NCC1CCC(C(=O)C[C@@H](Cc2ccc(-c3ccccc3N)cc2)C(=O)Nc2ccc(C3=NCN=N3)cc2)CC1. The van der Waals surface area contributed by atoms with Crippen molar-refractivity contribution in [3.05, 3.63) is 83.9 Å². The molecule has 0 bridgehead atoms. The molecule has 1 aliphatic carbocycles. The molecule has 1 atom stereocenters. The Morgan fingerprint density at radius 2 is 1.60 bits per heavy atom. The maximum atomic E-state index is 13.6. The van der Waals surface area contributed by atoms with E-state index in [9.17, 15) is 9.59 Å². The summed E-state index contributed by atoms with van der Waals surface area (Å²) in [5, 5.41) is 10.9. The average molecular weight is 537 g/mol. The molecular weight excluding hydrogens is 500 g/mol. The van der Waals surface area contributed by atoms with Crippen LogP contribution in [0.5, 0.6) is 0 Å². The zero-order chi connectivity index (χ0) is 27.9. The lowest BCUT2D eigenvalue weighted by molar-refractivity contribution is -0.129. The second-order valence-corrected chi connectivity index (χ2v) is 10.7. The predicted octanol–water partition coefficient (Wildman–Crippen LogP) is 5.63. The summed E-state index contributed by atoms with van der Waals surface area (Å²) < 4.78 is 0. The highest BCUT2D eigenvalue weighted by Crippen LogP contribution is 2.31. The smallest absolute Gasteiger partial charge is 0.228 e. The van der Waals surface area contributed by atoms with Gasteiger partial charge in [0.1, 0.15) is 5.78 Å². The van der Waals surface area contributed by atoms with E-state index in [1.165, 1.54) is 0 Å². The molecule has 8 heteroatoms. The van der Waals surface area contributed by atoms with Crippen LogP contribution >= 0.6 is 0 Å². The van der Waals surface area contributed by atoms with E-state index in [-0.39, 0.29) is 24.0 Å². The first-order valence-electron chi connectivity index (χ1n) is 14.0. The molecule has 2 aliphatic rings. The number of para-hydroxylation sites is 1. The summed E-state index contributed by atoms with van der Waals surface area (Å²) in [5.74, 6) is 0.615. The van der Waals surface area contributed by atoms with Crippen molar-refractivity contribution in [3.63, 3.8) is 0 Å². The number of nitrogens with one attached hydrogen (secondary N) is 1. The lowest BCUT2D eigenvalue weighted by Crippen LogP contribution is -2.31. The first-order valence-corrected chi connectivity index (χ1v) is 14.0. The molecule has 0 aromatic heterocycles. The van der Waals surface area contributed by atoms with Crippen LogP contribution in [0.2, 0.25) is 0 Å². The molecule has 40 heavy (non-hydrogen) atoms. The van der Waals surface area contributed by atoms with Gasteiger partial charge in [-0.25, -0.2) is 4.99 Å². The molecule has 0 radical (unpaired) electrons. The number of nitrogen functional groups attached to an aromatic ring is 1. The molecule has 1 fully saturated rings. The van der Waals surface area contributed by atoms with Gasteiger partial charge in [-0.2, -0.15) is 5.11 Å². The van der Waals surface area contributed by atoms with E-state index < -0.39 is 5.92 Å². The van der Waals surface area contributed by atoms with Crippen molar-refractivity contribution >= 4 is 28.9 Å². The number of rotatable bonds is 10. The molecule has 1 aliphatic heterocycles. The monoisotopic (exact) mass is 536 g/mol. The van der Waals surface area contributed by atoms with Crippen molar-refractivity contribution < 1.29 is 9.59 Å². The molecule has 206 valence electrons. The van der Waals surface area contributed by atoms with Crippen LogP contribution in [-0.4, -0.2) is 30.7 Å². The maximum Gasteiger partial charge on any atom is 0.228 e. The number of benzene rings is 3. The summed E-state index contributed by atoms with van der Waals surface area (Å²) in [6, 6.07) is 23.2. The highest BCUT2D eigenvalue weighted by Gasteiger charge is 2.30. The van der Waals surface area contributed by atoms with E-state index in [1.807, 2.05) is 72.8 Å². The number of nitrogens with two attached hydrogens (primary N) is 2. The molecule has 1 amide bonds. The van der Waals surface area contributed by atoms with Crippen LogP contribution in [-0.2, 0) is 16.0 Å². The second kappa shape index (κ2) is 12.8. The van der Waals surface area contributed by atoms with Crippen LogP contribution in [0.1, 0.15) is 43.2 Å². The van der Waals surface area contributed by atoms with Gasteiger partial charge in [0.25, 0.3) is 0 Å². The van der Waals surface area contributed by atoms with Crippen LogP contribution in [0, 0.1) is 17.8 Å². The van der Waals surface area contributed by atoms with Crippen LogP contribution in [0.15, 0.2) is 88.0 Å². The molecule has 3 aromatic rings. The Morgan fingerprint density at radius 3 is 2.25 bits per heavy atom. The molecule has 5 rings (SSSR count). The number of hydrogen-bond acceptors (Lipinski definition) is 7. The van der Waals surface area contributed by atoms with E-state index in [4.69, 9.17) is 11.5 Å². The number of azo groups is 1. The lowest BCUT2D eigenvalue weighted by atomic mass is 9.77. The average Bonchev–Trinajstić information content (AvgIpc) is 3.53. The van der Waals surface area contributed by atoms with E-state index in [2.05, 4.69) is 20.5 Å². The van der Waals surface area contributed by atoms with Gasteiger partial charge in [-0.15, -0.1) is 5.11 Å². The first-order chi connectivity index (χ1) is 19.5. The van der Waals surface area contributed by atoms with Crippen LogP contribution in [0.4, 0.5) is 11.4 Å². The highest BCUT2D eigenvalue weighted by atomic mass is 16.2. The number of ketones is 1. The fraction of sp³-hybridized carbons (Fsp3) is 0.344. The topological polar surface area (TPSA) is 135 Å². The minimum absolute atomic E-state index is 0.00201. The van der Waals surface area contributed by atoms with Crippen LogP contribution in [0.25, 0.3) is 11.1 Å². The Bertz CT molecular complexity index is 1390. The number of carbonyl (C=O) groups is 2. The minimum Gasteiger partial charge on any atom is -0.398 e. The Kier molecular flexibility index (Phi) is 8.76. The van der Waals surface area contributed by atoms with Gasteiger partial charge < -0.3 is 16.8 Å². The van der Waals surface area contributed by atoms with Gasteiger partial charge in [-0.1, -0.05) is 42.5 Å². The second-order valence-electron chi connectivity index (χ2n) is 10.7. The Balaban J connectivity index is 1.30. The summed E-state index contributed by atoms with van der Waals surface area (Å²) in [5.41, 5.74) is 17.2. The predicted molar refractivity (Wildman–Crippen MR) is 159 cm³/mol. The fourth-order valence-corrected chi connectivity index (χ4v) is 5.58. The Hall–Kier alpha value is -4.17. The molecule has 1 heterocycles. The third kappa shape index (κ3) is 6.69. The number of anilines is 2. The number of hydrogen-bond donors (Lipinski definition) is 3. The van der Waals surface area contributed by atoms with Gasteiger partial charge in [0.15, 0.2) is 12.5 Å². The number of Topliss-reactive ketones (excluding diaryl/α,β-unsaturated/α-hetero) is 1. The lowest BCUT2D eigenvalue weighted by Gasteiger charge is -2.27. The standard InChI is InChI=1S/C32H36N6O2/c33-19-22-7-11-24(12-8-22)30(39)18-26(17-21-5-9-23(10-6-21)28-3-1-2-4-29(28)34)32(40)37-27-15-13-25(14-16-27)31-35-20-36-38-31/h1-6,9-10,13-16,22,24,26H,7-8,11-12,17-20,33-34H2,(H,37,40)/t22?,24?,26-/m1/s1. The highest BCUT2D eigenvalue weighted by molar-refractivity contribution is 6.01. The molecule has 1 saturated carbocycles. The van der Waals surface area contributed by atoms with Crippen molar-refractivity contribution in [2.45, 2.75) is 38.5 Å². The Labute approximate surface area is 235 Å².